The van der Waals surface area contributed by atoms with Gasteiger partial charge in [-0.15, -0.1) is 0 Å². The van der Waals surface area contributed by atoms with Crippen LogP contribution in [0.3, 0.4) is 0 Å². The molecule has 0 saturated carbocycles. The molecular formula is C23H27N3O3S. The molecule has 2 aromatic carbocycles. The van der Waals surface area contributed by atoms with Crippen LogP contribution >= 0.6 is 0 Å². The van der Waals surface area contributed by atoms with Crippen LogP contribution < -0.4 is 4.31 Å². The summed E-state index contributed by atoms with van der Waals surface area (Å²) >= 11 is 0. The lowest BCUT2D eigenvalue weighted by Gasteiger charge is -2.34. The molecule has 0 spiro atoms. The summed E-state index contributed by atoms with van der Waals surface area (Å²) in [4.78, 5) is 17.2. The fourth-order valence-corrected chi connectivity index (χ4v) is 5.03. The van der Waals surface area contributed by atoms with Crippen molar-refractivity contribution in [2.24, 2.45) is 0 Å². The van der Waals surface area contributed by atoms with Crippen LogP contribution in [-0.2, 0) is 16.4 Å². The number of anilines is 1. The maximum absolute atomic E-state index is 12.9. The van der Waals surface area contributed by atoms with Gasteiger partial charge in [0.15, 0.2) is 0 Å². The number of nitrogens with zero attached hydrogens (tertiary/aromatic N) is 3. The number of hydrogen-bond donors (Lipinski definition) is 0. The molecule has 2 heterocycles. The average Bonchev–Trinajstić information content (AvgIpc) is 3.18. The quantitative estimate of drug-likeness (QED) is 0.739. The van der Waals surface area contributed by atoms with Gasteiger partial charge in [0.2, 0.25) is 10.0 Å². The van der Waals surface area contributed by atoms with E-state index in [2.05, 4.69) is 29.2 Å². The molecule has 0 aromatic heterocycles. The molecule has 1 saturated heterocycles. The zero-order valence-electron chi connectivity index (χ0n) is 17.2. The Morgan fingerprint density at radius 2 is 1.73 bits per heavy atom. The third-order valence-corrected chi connectivity index (χ3v) is 6.89. The summed E-state index contributed by atoms with van der Waals surface area (Å²) in [5.74, 6) is 0.0232. The van der Waals surface area contributed by atoms with Gasteiger partial charge in [-0.3, -0.25) is 14.0 Å². The van der Waals surface area contributed by atoms with Gasteiger partial charge in [-0.2, -0.15) is 0 Å². The minimum absolute atomic E-state index is 0.0232. The van der Waals surface area contributed by atoms with Crippen molar-refractivity contribution in [3.8, 4) is 0 Å². The molecule has 0 atom stereocenters. The van der Waals surface area contributed by atoms with E-state index < -0.39 is 10.0 Å². The van der Waals surface area contributed by atoms with Gasteiger partial charge in [-0.25, -0.2) is 8.42 Å². The zero-order valence-corrected chi connectivity index (χ0v) is 18.0. The lowest BCUT2D eigenvalue weighted by Crippen LogP contribution is -2.48. The number of sulfonamides is 1. The minimum Gasteiger partial charge on any atom is -0.336 e. The Labute approximate surface area is 178 Å². The van der Waals surface area contributed by atoms with Crippen molar-refractivity contribution in [2.75, 3.05) is 49.8 Å². The Balaban J connectivity index is 1.33. The Morgan fingerprint density at radius 1 is 1.00 bits per heavy atom. The summed E-state index contributed by atoms with van der Waals surface area (Å²) < 4.78 is 25.2. The Kier molecular flexibility index (Phi) is 5.92. The van der Waals surface area contributed by atoms with E-state index in [0.717, 1.165) is 25.2 Å². The first-order valence-corrected chi connectivity index (χ1v) is 12.1. The number of rotatable bonds is 5. The summed E-state index contributed by atoms with van der Waals surface area (Å²) in [5, 5.41) is 0. The molecule has 1 amide bonds. The van der Waals surface area contributed by atoms with Crippen LogP contribution in [0, 0.1) is 0 Å². The van der Waals surface area contributed by atoms with E-state index in [9.17, 15) is 13.2 Å². The van der Waals surface area contributed by atoms with Crippen molar-refractivity contribution in [1.82, 2.24) is 9.80 Å². The summed E-state index contributed by atoms with van der Waals surface area (Å²) in [6.07, 6.45) is 6.16. The number of carbonyl (C=O) groups is 1. The van der Waals surface area contributed by atoms with Crippen molar-refractivity contribution in [2.45, 2.75) is 6.42 Å². The number of piperazine rings is 1. The van der Waals surface area contributed by atoms with Gasteiger partial charge >= 0.3 is 0 Å². The molecule has 4 rings (SSSR count). The van der Waals surface area contributed by atoms with Crippen LogP contribution in [0.15, 0.2) is 54.6 Å². The van der Waals surface area contributed by atoms with Crippen molar-refractivity contribution in [3.63, 3.8) is 0 Å². The van der Waals surface area contributed by atoms with Crippen molar-refractivity contribution >= 4 is 27.7 Å². The summed E-state index contributed by atoms with van der Waals surface area (Å²) in [5.41, 5.74) is 3.46. The number of hydrogen-bond acceptors (Lipinski definition) is 4. The summed E-state index contributed by atoms with van der Waals surface area (Å²) in [6, 6.07) is 15.6. The molecule has 0 unspecified atom stereocenters. The molecule has 2 aliphatic heterocycles. The molecule has 1 fully saturated rings. The monoisotopic (exact) mass is 425 g/mol. The standard InChI is InChI=1S/C23H27N3O3S/c1-30(28,29)26-13-11-20-18-21(9-10-22(20)26)23(27)25-16-14-24(15-17-25)12-5-8-19-6-3-2-4-7-19/h2-10,18H,11-17H2,1H3/b8-5+. The summed E-state index contributed by atoms with van der Waals surface area (Å²) in [6.45, 7) is 4.41. The SMILES string of the molecule is CS(=O)(=O)N1CCc2cc(C(=O)N3CCN(C/C=C/c4ccccc4)CC3)ccc21. The fraction of sp³-hybridized carbons (Fsp3) is 0.348. The van der Waals surface area contributed by atoms with Gasteiger partial charge in [0.05, 0.1) is 11.9 Å². The predicted octanol–water partition coefficient (Wildman–Crippen LogP) is 2.48. The molecule has 0 aliphatic carbocycles. The number of carbonyl (C=O) groups excluding carboxylic acids is 1. The molecule has 2 aliphatic rings. The first kappa shape index (κ1) is 20.6. The average molecular weight is 426 g/mol. The van der Waals surface area contributed by atoms with Gasteiger partial charge in [0.25, 0.3) is 5.91 Å². The van der Waals surface area contributed by atoms with E-state index in [-0.39, 0.29) is 5.91 Å². The molecule has 0 radical (unpaired) electrons. The van der Waals surface area contributed by atoms with Gasteiger partial charge < -0.3 is 4.90 Å². The lowest BCUT2D eigenvalue weighted by molar-refractivity contribution is 0.0650. The highest BCUT2D eigenvalue weighted by atomic mass is 32.2. The number of benzene rings is 2. The fourth-order valence-electron chi connectivity index (χ4n) is 4.07. The molecule has 158 valence electrons. The van der Waals surface area contributed by atoms with Crippen LogP contribution in [0.5, 0.6) is 0 Å². The van der Waals surface area contributed by atoms with E-state index in [4.69, 9.17) is 0 Å². The molecule has 7 heteroatoms. The first-order valence-electron chi connectivity index (χ1n) is 10.3. The maximum atomic E-state index is 12.9. The van der Waals surface area contributed by atoms with Crippen LogP contribution in [0.25, 0.3) is 6.08 Å². The predicted molar refractivity (Wildman–Crippen MR) is 120 cm³/mol. The van der Waals surface area contributed by atoms with Gasteiger partial charge in [0.1, 0.15) is 0 Å². The maximum Gasteiger partial charge on any atom is 0.253 e. The molecule has 2 aromatic rings. The molecule has 30 heavy (non-hydrogen) atoms. The second kappa shape index (κ2) is 8.62. The van der Waals surface area contributed by atoms with Gasteiger partial charge in [-0.05, 0) is 35.7 Å². The summed E-state index contributed by atoms with van der Waals surface area (Å²) in [7, 11) is -3.27. The van der Waals surface area contributed by atoms with Gasteiger partial charge in [0, 0.05) is 44.8 Å². The number of fused-ring (bicyclic) bond motifs is 1. The van der Waals surface area contributed by atoms with E-state index >= 15 is 0 Å². The topological polar surface area (TPSA) is 60.9 Å². The van der Waals surface area contributed by atoms with Crippen molar-refractivity contribution in [1.29, 1.82) is 0 Å². The van der Waals surface area contributed by atoms with Gasteiger partial charge in [-0.1, -0.05) is 42.5 Å². The largest absolute Gasteiger partial charge is 0.336 e. The molecule has 0 N–H and O–H groups in total. The molecular weight excluding hydrogens is 398 g/mol. The van der Waals surface area contributed by atoms with Crippen molar-refractivity contribution < 1.29 is 13.2 Å². The zero-order chi connectivity index (χ0) is 21.1. The van der Waals surface area contributed by atoms with E-state index in [1.165, 1.54) is 16.1 Å². The molecule has 0 bridgehead atoms. The number of amides is 1. The smallest absolute Gasteiger partial charge is 0.253 e. The highest BCUT2D eigenvalue weighted by Crippen LogP contribution is 2.31. The second-order valence-corrected chi connectivity index (χ2v) is 9.74. The van der Waals surface area contributed by atoms with Crippen LogP contribution in [0.2, 0.25) is 0 Å². The molecule has 6 nitrogen and oxygen atoms in total. The Morgan fingerprint density at radius 3 is 2.43 bits per heavy atom. The van der Waals surface area contributed by atoms with E-state index in [1.807, 2.05) is 29.2 Å². The lowest BCUT2D eigenvalue weighted by atomic mass is 10.1. The van der Waals surface area contributed by atoms with E-state index in [1.54, 1.807) is 12.1 Å². The third kappa shape index (κ3) is 4.57. The van der Waals surface area contributed by atoms with Crippen LogP contribution in [-0.4, -0.2) is 69.6 Å². The van der Waals surface area contributed by atoms with Crippen LogP contribution in [0.1, 0.15) is 21.5 Å². The second-order valence-electron chi connectivity index (χ2n) is 7.83. The Bertz CT molecular complexity index is 1040. The van der Waals surface area contributed by atoms with E-state index in [0.29, 0.717) is 37.3 Å². The first-order chi connectivity index (χ1) is 14.4. The Hall–Kier alpha value is -2.64. The highest BCUT2D eigenvalue weighted by Gasteiger charge is 2.28. The van der Waals surface area contributed by atoms with Crippen molar-refractivity contribution in [3.05, 3.63) is 71.3 Å². The minimum atomic E-state index is -3.27. The third-order valence-electron chi connectivity index (χ3n) is 5.71. The van der Waals surface area contributed by atoms with Crippen LogP contribution in [0.4, 0.5) is 5.69 Å². The highest BCUT2D eigenvalue weighted by molar-refractivity contribution is 7.92. The normalized spacial score (nSPS) is 17.5.